The minimum absolute atomic E-state index is 0.838. The van der Waals surface area contributed by atoms with Gasteiger partial charge in [0, 0.05) is 35.2 Å². The fraction of sp³-hybridized carbons (Fsp3) is 0.381. The van der Waals surface area contributed by atoms with Gasteiger partial charge in [-0.2, -0.15) is 0 Å². The molecule has 2 nitrogen and oxygen atoms in total. The van der Waals surface area contributed by atoms with Gasteiger partial charge in [0.1, 0.15) is 5.84 Å². The van der Waals surface area contributed by atoms with E-state index in [1.807, 2.05) is 19.2 Å². The molecule has 1 aliphatic rings. The molecule has 0 aliphatic carbocycles. The van der Waals surface area contributed by atoms with Crippen molar-refractivity contribution >= 4 is 33.4 Å². The number of likely N-dealkylation sites (tertiary alicyclic amines) is 1. The zero-order chi connectivity index (χ0) is 17.8. The first-order valence-electron chi connectivity index (χ1n) is 8.84. The van der Waals surface area contributed by atoms with Gasteiger partial charge >= 0.3 is 0 Å². The minimum Gasteiger partial charge on any atom is -0.356 e. The number of hydrogen-bond donors (Lipinski definition) is 0. The summed E-state index contributed by atoms with van der Waals surface area (Å²) in [6.45, 7) is 4.34. The molecule has 0 amide bonds. The Morgan fingerprint density at radius 2 is 1.92 bits per heavy atom. The standard InChI is InChI=1S/C21H24BrClN2/c1-15-8-10-17(22)14-16(15)9-11-18-19(6-5-7-20(18)23)21(24-2)25-12-3-4-13-25/h5-8,10,14H,3-4,9,11-13H2,1-2H3. The Kier molecular flexibility index (Phi) is 6.19. The van der Waals surface area contributed by atoms with Crippen LogP contribution in [-0.2, 0) is 12.8 Å². The molecule has 2 aromatic carbocycles. The third-order valence-corrected chi connectivity index (χ3v) is 5.78. The first-order chi connectivity index (χ1) is 12.1. The van der Waals surface area contributed by atoms with Crippen LogP contribution in [0.3, 0.4) is 0 Å². The molecule has 0 aromatic heterocycles. The van der Waals surface area contributed by atoms with E-state index in [2.05, 4.69) is 57.0 Å². The molecule has 0 unspecified atom stereocenters. The van der Waals surface area contributed by atoms with E-state index in [9.17, 15) is 0 Å². The highest BCUT2D eigenvalue weighted by molar-refractivity contribution is 9.10. The molecule has 4 heteroatoms. The Morgan fingerprint density at radius 3 is 2.64 bits per heavy atom. The third-order valence-electron chi connectivity index (χ3n) is 4.93. The molecule has 0 bridgehead atoms. The summed E-state index contributed by atoms with van der Waals surface area (Å²) in [4.78, 5) is 6.99. The summed E-state index contributed by atoms with van der Waals surface area (Å²) >= 11 is 10.2. The van der Waals surface area contributed by atoms with E-state index >= 15 is 0 Å². The highest BCUT2D eigenvalue weighted by atomic mass is 79.9. The number of amidine groups is 1. The molecule has 1 fully saturated rings. The van der Waals surface area contributed by atoms with Crippen molar-refractivity contribution in [2.45, 2.75) is 32.6 Å². The van der Waals surface area contributed by atoms with Gasteiger partial charge in [0.15, 0.2) is 0 Å². The largest absolute Gasteiger partial charge is 0.356 e. The fourth-order valence-corrected chi connectivity index (χ4v) is 4.23. The van der Waals surface area contributed by atoms with Crippen molar-refractivity contribution in [3.63, 3.8) is 0 Å². The van der Waals surface area contributed by atoms with E-state index in [1.165, 1.54) is 35.1 Å². The van der Waals surface area contributed by atoms with E-state index in [4.69, 9.17) is 11.6 Å². The average Bonchev–Trinajstić information content (AvgIpc) is 3.12. The molecular weight excluding hydrogens is 396 g/mol. The van der Waals surface area contributed by atoms with Crippen LogP contribution in [0.25, 0.3) is 0 Å². The topological polar surface area (TPSA) is 15.6 Å². The molecule has 0 atom stereocenters. The average molecular weight is 420 g/mol. The van der Waals surface area contributed by atoms with Crippen LogP contribution in [0.4, 0.5) is 0 Å². The van der Waals surface area contributed by atoms with Gasteiger partial charge in [0.05, 0.1) is 0 Å². The first-order valence-corrected chi connectivity index (χ1v) is 10.0. The summed E-state index contributed by atoms with van der Waals surface area (Å²) in [6.07, 6.45) is 4.37. The Balaban J connectivity index is 1.89. The smallest absolute Gasteiger partial charge is 0.130 e. The molecule has 25 heavy (non-hydrogen) atoms. The molecule has 0 radical (unpaired) electrons. The van der Waals surface area contributed by atoms with Crippen LogP contribution in [0.1, 0.15) is 35.1 Å². The second-order valence-corrected chi connectivity index (χ2v) is 7.90. The van der Waals surface area contributed by atoms with Gasteiger partial charge in [0.2, 0.25) is 0 Å². The molecule has 0 spiro atoms. The van der Waals surface area contributed by atoms with Crippen LogP contribution >= 0.6 is 27.5 Å². The summed E-state index contributed by atoms with van der Waals surface area (Å²) in [5.41, 5.74) is 5.07. The molecule has 1 aliphatic heterocycles. The lowest BCUT2D eigenvalue weighted by atomic mass is 9.96. The lowest BCUT2D eigenvalue weighted by Crippen LogP contribution is -2.29. The van der Waals surface area contributed by atoms with Crippen molar-refractivity contribution in [1.82, 2.24) is 4.90 Å². The van der Waals surface area contributed by atoms with Gasteiger partial charge in [-0.1, -0.05) is 45.7 Å². The van der Waals surface area contributed by atoms with E-state index < -0.39 is 0 Å². The number of aryl methyl sites for hydroxylation is 2. The number of nitrogens with zero attached hydrogens (tertiary/aromatic N) is 2. The maximum Gasteiger partial charge on any atom is 0.130 e. The van der Waals surface area contributed by atoms with Gasteiger partial charge in [-0.3, -0.25) is 4.99 Å². The van der Waals surface area contributed by atoms with Crippen molar-refractivity contribution in [1.29, 1.82) is 0 Å². The monoisotopic (exact) mass is 418 g/mol. The summed E-state index contributed by atoms with van der Waals surface area (Å²) in [6, 6.07) is 12.7. The molecule has 0 saturated carbocycles. The molecule has 3 rings (SSSR count). The number of hydrogen-bond acceptors (Lipinski definition) is 1. The molecule has 1 saturated heterocycles. The Hall–Kier alpha value is -1.32. The van der Waals surface area contributed by atoms with Crippen molar-refractivity contribution in [3.8, 4) is 0 Å². The predicted molar refractivity (Wildman–Crippen MR) is 111 cm³/mol. The lowest BCUT2D eigenvalue weighted by Gasteiger charge is -2.23. The highest BCUT2D eigenvalue weighted by Gasteiger charge is 2.20. The van der Waals surface area contributed by atoms with Crippen LogP contribution in [0.15, 0.2) is 45.9 Å². The molecule has 0 N–H and O–H groups in total. The number of rotatable bonds is 4. The quantitative estimate of drug-likeness (QED) is 0.460. The maximum atomic E-state index is 6.59. The van der Waals surface area contributed by atoms with Gasteiger partial charge in [-0.15, -0.1) is 0 Å². The Labute approximate surface area is 164 Å². The predicted octanol–water partition coefficient (Wildman–Crippen LogP) is 5.67. The zero-order valence-electron chi connectivity index (χ0n) is 14.9. The summed E-state index contributed by atoms with van der Waals surface area (Å²) in [5, 5.41) is 0.838. The molecule has 1 heterocycles. The van der Waals surface area contributed by atoms with Crippen LogP contribution in [0.2, 0.25) is 5.02 Å². The van der Waals surface area contributed by atoms with Crippen LogP contribution < -0.4 is 0 Å². The second-order valence-electron chi connectivity index (χ2n) is 6.58. The van der Waals surface area contributed by atoms with Crippen LogP contribution in [0.5, 0.6) is 0 Å². The lowest BCUT2D eigenvalue weighted by molar-refractivity contribution is 0.519. The van der Waals surface area contributed by atoms with Crippen molar-refractivity contribution in [3.05, 3.63) is 68.1 Å². The summed E-state index contributed by atoms with van der Waals surface area (Å²) < 4.78 is 1.13. The van der Waals surface area contributed by atoms with Gasteiger partial charge < -0.3 is 4.90 Å². The van der Waals surface area contributed by atoms with Gasteiger partial charge in [-0.25, -0.2) is 0 Å². The Bertz CT molecular complexity index is 779. The van der Waals surface area contributed by atoms with Gasteiger partial charge in [0.25, 0.3) is 0 Å². The number of benzene rings is 2. The summed E-state index contributed by atoms with van der Waals surface area (Å²) in [7, 11) is 1.89. The summed E-state index contributed by atoms with van der Waals surface area (Å²) in [5.74, 6) is 1.08. The van der Waals surface area contributed by atoms with Crippen LogP contribution in [-0.4, -0.2) is 30.9 Å². The maximum absolute atomic E-state index is 6.59. The van der Waals surface area contributed by atoms with E-state index in [0.29, 0.717) is 0 Å². The molecule has 2 aromatic rings. The van der Waals surface area contributed by atoms with Crippen molar-refractivity contribution in [2.24, 2.45) is 4.99 Å². The van der Waals surface area contributed by atoms with E-state index in [0.717, 1.165) is 41.3 Å². The molecular formula is C21H24BrClN2. The first kappa shape index (κ1) is 18.5. The second kappa shape index (κ2) is 8.37. The SMILES string of the molecule is CN=C(c1cccc(Cl)c1CCc1cc(Br)ccc1C)N1CCCC1. The van der Waals surface area contributed by atoms with E-state index in [-0.39, 0.29) is 0 Å². The zero-order valence-corrected chi connectivity index (χ0v) is 17.2. The van der Waals surface area contributed by atoms with Crippen molar-refractivity contribution < 1.29 is 0 Å². The third kappa shape index (κ3) is 4.27. The highest BCUT2D eigenvalue weighted by Crippen LogP contribution is 2.26. The fourth-order valence-electron chi connectivity index (χ4n) is 3.55. The number of aliphatic imine (C=N–C) groups is 1. The Morgan fingerprint density at radius 1 is 1.16 bits per heavy atom. The normalized spacial score (nSPS) is 15.0. The molecule has 132 valence electrons. The van der Waals surface area contributed by atoms with Gasteiger partial charge in [-0.05, 0) is 67.5 Å². The number of halogens is 2. The van der Waals surface area contributed by atoms with Crippen molar-refractivity contribution in [2.75, 3.05) is 20.1 Å². The minimum atomic E-state index is 0.838. The van der Waals surface area contributed by atoms with E-state index in [1.54, 1.807) is 0 Å². The van der Waals surface area contributed by atoms with Crippen LogP contribution in [0, 0.1) is 6.92 Å².